The Balaban J connectivity index is 1.77. The summed E-state index contributed by atoms with van der Waals surface area (Å²) in [5.74, 6) is -3.34. The van der Waals surface area contributed by atoms with Crippen molar-refractivity contribution in [2.45, 2.75) is 19.8 Å². The Hall–Kier alpha value is -3.29. The number of carbonyl (C=O) groups excluding carboxylic acids is 3. The molecule has 0 saturated heterocycles. The van der Waals surface area contributed by atoms with Gasteiger partial charge in [-0.3, -0.25) is 14.4 Å². The van der Waals surface area contributed by atoms with Crippen LogP contribution in [0.5, 0.6) is 5.75 Å². The maximum absolute atomic E-state index is 13.5. The second-order valence-electron chi connectivity index (χ2n) is 6.12. The van der Waals surface area contributed by atoms with Gasteiger partial charge in [0.25, 0.3) is 5.91 Å². The number of ether oxygens (including phenoxy) is 2. The Morgan fingerprint density at radius 3 is 2.45 bits per heavy atom. The molecule has 1 N–H and O–H groups in total. The molecule has 0 fully saturated rings. The molecule has 0 spiro atoms. The van der Waals surface area contributed by atoms with Crippen molar-refractivity contribution in [2.75, 3.05) is 19.8 Å². The third kappa shape index (κ3) is 6.99. The monoisotopic (exact) mass is 405 g/mol. The molecule has 154 valence electrons. The van der Waals surface area contributed by atoms with Gasteiger partial charge in [-0.2, -0.15) is 0 Å². The molecule has 0 saturated carbocycles. The van der Waals surface area contributed by atoms with E-state index in [-0.39, 0.29) is 0 Å². The van der Waals surface area contributed by atoms with E-state index in [2.05, 4.69) is 12.2 Å². The van der Waals surface area contributed by atoms with Crippen LogP contribution < -0.4 is 10.1 Å². The molecule has 0 radical (unpaired) electrons. The molecule has 29 heavy (non-hydrogen) atoms. The second-order valence-corrected chi connectivity index (χ2v) is 6.12. The first-order chi connectivity index (χ1) is 13.9. The number of benzene rings is 2. The first-order valence-corrected chi connectivity index (χ1v) is 9.05. The van der Waals surface area contributed by atoms with Gasteiger partial charge < -0.3 is 14.8 Å². The average Bonchev–Trinajstić information content (AvgIpc) is 2.72. The number of amides is 1. The van der Waals surface area contributed by atoms with Crippen molar-refractivity contribution in [3.8, 4) is 5.75 Å². The zero-order valence-corrected chi connectivity index (χ0v) is 15.9. The van der Waals surface area contributed by atoms with E-state index in [1.165, 1.54) is 0 Å². The highest BCUT2D eigenvalue weighted by atomic mass is 19.1. The van der Waals surface area contributed by atoms with E-state index in [4.69, 9.17) is 9.47 Å². The molecule has 0 bridgehead atoms. The van der Waals surface area contributed by atoms with Crippen molar-refractivity contribution >= 4 is 17.7 Å². The first kappa shape index (κ1) is 22.0. The smallest absolute Gasteiger partial charge is 0.325 e. The highest BCUT2D eigenvalue weighted by molar-refractivity contribution is 5.99. The van der Waals surface area contributed by atoms with E-state index in [1.54, 1.807) is 24.3 Å². The minimum absolute atomic E-state index is 0.318. The number of hydrogen-bond acceptors (Lipinski definition) is 5. The zero-order chi connectivity index (χ0) is 21.2. The van der Waals surface area contributed by atoms with Crippen LogP contribution in [0.25, 0.3) is 0 Å². The van der Waals surface area contributed by atoms with Gasteiger partial charge in [-0.1, -0.05) is 13.3 Å². The molecular weight excluding hydrogens is 384 g/mol. The average molecular weight is 405 g/mol. The maximum atomic E-state index is 13.5. The summed E-state index contributed by atoms with van der Waals surface area (Å²) < 4.78 is 36.8. The molecule has 6 nitrogen and oxygen atoms in total. The predicted molar refractivity (Wildman–Crippen MR) is 101 cm³/mol. The van der Waals surface area contributed by atoms with E-state index >= 15 is 0 Å². The van der Waals surface area contributed by atoms with E-state index in [0.717, 1.165) is 31.0 Å². The fraction of sp³-hybridized carbons (Fsp3) is 0.286. The molecule has 2 rings (SSSR count). The van der Waals surface area contributed by atoms with Gasteiger partial charge in [-0.25, -0.2) is 8.78 Å². The van der Waals surface area contributed by atoms with Crippen LogP contribution in [0.15, 0.2) is 42.5 Å². The molecule has 0 atom stereocenters. The lowest BCUT2D eigenvalue weighted by Gasteiger charge is -2.08. The summed E-state index contributed by atoms with van der Waals surface area (Å²) in [6, 6.07) is 8.81. The lowest BCUT2D eigenvalue weighted by atomic mass is 10.1. The van der Waals surface area contributed by atoms with Gasteiger partial charge in [0.1, 0.15) is 23.9 Å². The van der Waals surface area contributed by atoms with Crippen molar-refractivity contribution in [1.29, 1.82) is 0 Å². The van der Waals surface area contributed by atoms with Crippen LogP contribution in [0, 0.1) is 11.6 Å². The van der Waals surface area contributed by atoms with Crippen molar-refractivity contribution in [3.63, 3.8) is 0 Å². The molecule has 1 amide bonds. The Morgan fingerprint density at radius 2 is 1.76 bits per heavy atom. The number of rotatable bonds is 10. The summed E-state index contributed by atoms with van der Waals surface area (Å²) in [6.07, 6.45) is 1.94. The Labute approximate surface area is 166 Å². The number of Topliss-reactive ketones (excluding diaryl/α,β-unsaturated/α-hetero) is 1. The van der Waals surface area contributed by atoms with Gasteiger partial charge in [-0.15, -0.1) is 0 Å². The molecule has 0 unspecified atom stereocenters. The van der Waals surface area contributed by atoms with Gasteiger partial charge in [0.15, 0.2) is 6.61 Å². The van der Waals surface area contributed by atoms with Crippen LogP contribution in [-0.4, -0.2) is 37.4 Å². The number of ketones is 1. The first-order valence-electron chi connectivity index (χ1n) is 9.05. The van der Waals surface area contributed by atoms with E-state index in [1.807, 2.05) is 0 Å². The van der Waals surface area contributed by atoms with E-state index < -0.39 is 48.0 Å². The van der Waals surface area contributed by atoms with Crippen LogP contribution in [-0.2, 0) is 9.53 Å². The minimum Gasteiger partial charge on any atom is -0.494 e. The van der Waals surface area contributed by atoms with Gasteiger partial charge in [0.05, 0.1) is 12.2 Å². The van der Waals surface area contributed by atoms with Crippen LogP contribution in [0.3, 0.4) is 0 Å². The number of nitrogens with one attached hydrogen (secondary N) is 1. The van der Waals surface area contributed by atoms with Gasteiger partial charge >= 0.3 is 5.97 Å². The number of hydrogen-bond donors (Lipinski definition) is 1. The third-order valence-corrected chi connectivity index (χ3v) is 3.87. The van der Waals surface area contributed by atoms with Crippen molar-refractivity contribution in [2.24, 2.45) is 0 Å². The van der Waals surface area contributed by atoms with Gasteiger partial charge in [0, 0.05) is 5.56 Å². The van der Waals surface area contributed by atoms with Crippen molar-refractivity contribution in [3.05, 3.63) is 65.2 Å². The Bertz CT molecular complexity index is 868. The number of halogens is 2. The van der Waals surface area contributed by atoms with Crippen LogP contribution in [0.2, 0.25) is 0 Å². The Morgan fingerprint density at radius 1 is 1.03 bits per heavy atom. The van der Waals surface area contributed by atoms with Gasteiger partial charge in [0.2, 0.25) is 5.78 Å². The molecular formula is C21H21F2NO5. The lowest BCUT2D eigenvalue weighted by Crippen LogP contribution is -2.31. The standard InChI is InChI=1S/C21H21F2NO5/c1-2-3-10-28-16-7-4-14(5-8-16)21(27)24-12-20(26)29-13-19(25)17-11-15(22)6-9-18(17)23/h4-9,11H,2-3,10,12-13H2,1H3,(H,24,27). The highest BCUT2D eigenvalue weighted by Crippen LogP contribution is 2.13. The normalized spacial score (nSPS) is 10.3. The lowest BCUT2D eigenvalue weighted by molar-refractivity contribution is -0.141. The fourth-order valence-corrected chi connectivity index (χ4v) is 2.28. The van der Waals surface area contributed by atoms with E-state index in [0.29, 0.717) is 17.9 Å². The minimum atomic E-state index is -0.914. The molecule has 0 aliphatic heterocycles. The molecule has 0 aliphatic rings. The van der Waals surface area contributed by atoms with E-state index in [9.17, 15) is 23.2 Å². The quantitative estimate of drug-likeness (QED) is 0.373. The molecule has 0 aromatic heterocycles. The predicted octanol–water partition coefficient (Wildman–Crippen LogP) is 3.30. The van der Waals surface area contributed by atoms with Gasteiger partial charge in [-0.05, 0) is 48.9 Å². The Kier molecular flexibility index (Phi) is 8.27. The number of carbonyl (C=O) groups is 3. The summed E-state index contributed by atoms with van der Waals surface area (Å²) in [5.41, 5.74) is -0.193. The summed E-state index contributed by atoms with van der Waals surface area (Å²) in [7, 11) is 0. The molecule has 2 aromatic carbocycles. The fourth-order valence-electron chi connectivity index (χ4n) is 2.28. The highest BCUT2D eigenvalue weighted by Gasteiger charge is 2.16. The molecule has 2 aromatic rings. The summed E-state index contributed by atoms with van der Waals surface area (Å²) in [5, 5.41) is 2.35. The van der Waals surface area contributed by atoms with Crippen LogP contribution >= 0.6 is 0 Å². The summed E-state index contributed by atoms with van der Waals surface area (Å²) in [4.78, 5) is 35.6. The molecule has 8 heteroatoms. The number of unbranched alkanes of at least 4 members (excludes halogenated alkanes) is 1. The number of esters is 1. The van der Waals surface area contributed by atoms with Crippen molar-refractivity contribution < 1.29 is 32.6 Å². The molecule has 0 aliphatic carbocycles. The topological polar surface area (TPSA) is 81.7 Å². The summed E-state index contributed by atoms with van der Waals surface area (Å²) in [6.45, 7) is 1.40. The maximum Gasteiger partial charge on any atom is 0.325 e. The molecule has 0 heterocycles. The SMILES string of the molecule is CCCCOc1ccc(C(=O)NCC(=O)OCC(=O)c2cc(F)ccc2F)cc1. The van der Waals surface area contributed by atoms with Crippen molar-refractivity contribution in [1.82, 2.24) is 5.32 Å². The third-order valence-electron chi connectivity index (χ3n) is 3.87. The zero-order valence-electron chi connectivity index (χ0n) is 15.9. The van der Waals surface area contributed by atoms with Crippen LogP contribution in [0.4, 0.5) is 8.78 Å². The second kappa shape index (κ2) is 10.9. The largest absolute Gasteiger partial charge is 0.494 e. The summed E-state index contributed by atoms with van der Waals surface area (Å²) >= 11 is 0. The van der Waals surface area contributed by atoms with Crippen LogP contribution in [0.1, 0.15) is 40.5 Å².